The summed E-state index contributed by atoms with van der Waals surface area (Å²) in [4.78, 5) is 17.9. The number of carbonyl (C=O) groups is 1. The zero-order chi connectivity index (χ0) is 17.0. The molecule has 1 atom stereocenters. The number of ether oxygens (including phenoxy) is 2. The molecule has 0 aromatic carbocycles. The van der Waals surface area contributed by atoms with Crippen LogP contribution in [-0.2, 0) is 4.74 Å². The van der Waals surface area contributed by atoms with Gasteiger partial charge in [0, 0.05) is 38.2 Å². The maximum Gasteiger partial charge on any atom is 0.410 e. The third kappa shape index (κ3) is 5.39. The van der Waals surface area contributed by atoms with E-state index in [-0.39, 0.29) is 12.2 Å². The lowest BCUT2D eigenvalue weighted by Gasteiger charge is -2.33. The third-order valence-electron chi connectivity index (χ3n) is 3.62. The first-order valence-corrected chi connectivity index (χ1v) is 8.03. The molecular formula is C17H26N2O4. The highest BCUT2D eigenvalue weighted by molar-refractivity contribution is 5.68. The van der Waals surface area contributed by atoms with Crippen LogP contribution in [0, 0.1) is 0 Å². The molecule has 1 aromatic rings. The molecule has 0 bridgehead atoms. The van der Waals surface area contributed by atoms with Gasteiger partial charge in [0.2, 0.25) is 5.88 Å². The predicted molar refractivity (Wildman–Crippen MR) is 86.3 cm³/mol. The molecule has 2 heterocycles. The van der Waals surface area contributed by atoms with Gasteiger partial charge in [-0.2, -0.15) is 0 Å². The minimum Gasteiger partial charge on any atom is -0.474 e. The highest BCUT2D eigenvalue weighted by Crippen LogP contribution is 2.21. The van der Waals surface area contributed by atoms with Crippen molar-refractivity contribution in [3.8, 4) is 5.88 Å². The summed E-state index contributed by atoms with van der Waals surface area (Å²) < 4.78 is 11.3. The molecule has 1 fully saturated rings. The molecule has 1 aliphatic heterocycles. The lowest BCUT2D eigenvalue weighted by atomic mass is 10.1. The van der Waals surface area contributed by atoms with Crippen LogP contribution in [0.2, 0.25) is 0 Å². The molecule has 0 spiro atoms. The van der Waals surface area contributed by atoms with Crippen LogP contribution in [0.3, 0.4) is 0 Å². The number of hydrogen-bond acceptors (Lipinski definition) is 5. The summed E-state index contributed by atoms with van der Waals surface area (Å²) in [5.41, 5.74) is 0.302. The molecule has 23 heavy (non-hydrogen) atoms. The van der Waals surface area contributed by atoms with Gasteiger partial charge in [-0.05, 0) is 39.3 Å². The molecule has 1 aliphatic rings. The zero-order valence-corrected chi connectivity index (χ0v) is 14.3. The Hall–Kier alpha value is -1.82. The maximum atomic E-state index is 12.0. The minimum atomic E-state index is -0.547. The van der Waals surface area contributed by atoms with Crippen molar-refractivity contribution in [3.63, 3.8) is 0 Å². The van der Waals surface area contributed by atoms with Gasteiger partial charge in [0.1, 0.15) is 11.7 Å². The van der Waals surface area contributed by atoms with Gasteiger partial charge in [0.15, 0.2) is 0 Å². The summed E-state index contributed by atoms with van der Waals surface area (Å²) in [6, 6.07) is 3.52. The van der Waals surface area contributed by atoms with Crippen molar-refractivity contribution in [1.82, 2.24) is 9.88 Å². The first-order valence-electron chi connectivity index (χ1n) is 8.03. The van der Waals surface area contributed by atoms with Crippen molar-refractivity contribution in [3.05, 3.63) is 23.9 Å². The molecular weight excluding hydrogens is 296 g/mol. The van der Waals surface area contributed by atoms with Gasteiger partial charge in [0.05, 0.1) is 6.10 Å². The Morgan fingerprint density at radius 1 is 1.39 bits per heavy atom. The monoisotopic (exact) mass is 322 g/mol. The summed E-state index contributed by atoms with van der Waals surface area (Å²) in [6.07, 6.45) is 2.30. The fourth-order valence-electron chi connectivity index (χ4n) is 2.40. The van der Waals surface area contributed by atoms with Crippen LogP contribution >= 0.6 is 0 Å². The van der Waals surface area contributed by atoms with Crippen molar-refractivity contribution in [2.75, 3.05) is 13.1 Å². The second-order valence-corrected chi connectivity index (χ2v) is 6.89. The zero-order valence-electron chi connectivity index (χ0n) is 14.3. The average molecular weight is 322 g/mol. The summed E-state index contributed by atoms with van der Waals surface area (Å²) in [5.74, 6) is 0.513. The van der Waals surface area contributed by atoms with Crippen LogP contribution in [0.15, 0.2) is 18.3 Å². The molecule has 1 N–H and O–H groups in total. The lowest BCUT2D eigenvalue weighted by molar-refractivity contribution is 0.0122. The number of likely N-dealkylation sites (tertiary alicyclic amines) is 1. The molecule has 0 aliphatic carbocycles. The Kier molecular flexibility index (Phi) is 5.46. The van der Waals surface area contributed by atoms with Crippen molar-refractivity contribution >= 4 is 6.09 Å². The van der Waals surface area contributed by atoms with E-state index in [2.05, 4.69) is 4.98 Å². The Morgan fingerprint density at radius 2 is 2.04 bits per heavy atom. The van der Waals surface area contributed by atoms with Gasteiger partial charge in [-0.25, -0.2) is 9.78 Å². The van der Waals surface area contributed by atoms with E-state index in [0.29, 0.717) is 19.0 Å². The van der Waals surface area contributed by atoms with E-state index in [4.69, 9.17) is 9.47 Å². The van der Waals surface area contributed by atoms with E-state index >= 15 is 0 Å². The molecule has 6 heteroatoms. The number of rotatable bonds is 3. The average Bonchev–Trinajstić information content (AvgIpc) is 2.46. The van der Waals surface area contributed by atoms with Crippen LogP contribution in [0.5, 0.6) is 5.88 Å². The predicted octanol–water partition coefficient (Wildman–Crippen LogP) is 2.91. The number of aliphatic hydroxyl groups is 1. The second-order valence-electron chi connectivity index (χ2n) is 6.89. The topological polar surface area (TPSA) is 71.9 Å². The first-order chi connectivity index (χ1) is 10.7. The highest BCUT2D eigenvalue weighted by atomic mass is 16.6. The molecule has 1 amide bonds. The van der Waals surface area contributed by atoms with E-state index in [1.807, 2.05) is 20.8 Å². The van der Waals surface area contributed by atoms with E-state index in [9.17, 15) is 9.90 Å². The minimum absolute atomic E-state index is 0.0189. The van der Waals surface area contributed by atoms with Gasteiger partial charge in [-0.15, -0.1) is 0 Å². The van der Waals surface area contributed by atoms with E-state index in [0.717, 1.165) is 18.4 Å². The Labute approximate surface area is 137 Å². The number of piperidine rings is 1. The van der Waals surface area contributed by atoms with Gasteiger partial charge >= 0.3 is 6.09 Å². The van der Waals surface area contributed by atoms with Gasteiger partial charge in [0.25, 0.3) is 0 Å². The molecule has 6 nitrogen and oxygen atoms in total. The molecule has 1 saturated heterocycles. The Morgan fingerprint density at radius 3 is 2.61 bits per heavy atom. The van der Waals surface area contributed by atoms with E-state index < -0.39 is 11.7 Å². The first kappa shape index (κ1) is 17.5. The molecule has 0 saturated carbocycles. The normalized spacial score (nSPS) is 17.7. The number of carbonyl (C=O) groups excluding carboxylic acids is 1. The number of aromatic nitrogens is 1. The number of pyridine rings is 1. The van der Waals surface area contributed by atoms with Crippen LogP contribution in [0.1, 0.15) is 52.2 Å². The molecule has 1 aromatic heterocycles. The molecule has 1 unspecified atom stereocenters. The molecule has 2 rings (SSSR count). The third-order valence-corrected chi connectivity index (χ3v) is 3.62. The number of amides is 1. The van der Waals surface area contributed by atoms with E-state index in [1.165, 1.54) is 0 Å². The Balaban J connectivity index is 1.85. The SMILES string of the molecule is CC(O)c1ccnc(OC2CCN(C(=O)OC(C)(C)C)CC2)c1. The van der Waals surface area contributed by atoms with Gasteiger partial charge in [-0.1, -0.05) is 0 Å². The largest absolute Gasteiger partial charge is 0.474 e. The van der Waals surface area contributed by atoms with Crippen molar-refractivity contribution in [1.29, 1.82) is 0 Å². The van der Waals surface area contributed by atoms with Crippen molar-refractivity contribution in [2.45, 2.75) is 58.3 Å². The van der Waals surface area contributed by atoms with Crippen molar-refractivity contribution < 1.29 is 19.4 Å². The maximum absolute atomic E-state index is 12.0. The summed E-state index contributed by atoms with van der Waals surface area (Å²) in [5, 5.41) is 9.60. The second kappa shape index (κ2) is 7.17. The summed E-state index contributed by atoms with van der Waals surface area (Å²) in [7, 11) is 0. The van der Waals surface area contributed by atoms with Crippen LogP contribution < -0.4 is 4.74 Å². The van der Waals surface area contributed by atoms with Crippen LogP contribution in [-0.4, -0.2) is 45.9 Å². The smallest absolute Gasteiger partial charge is 0.410 e. The quantitative estimate of drug-likeness (QED) is 0.926. The van der Waals surface area contributed by atoms with Gasteiger partial charge < -0.3 is 19.5 Å². The van der Waals surface area contributed by atoms with Gasteiger partial charge in [-0.3, -0.25) is 0 Å². The van der Waals surface area contributed by atoms with E-state index in [1.54, 1.807) is 30.2 Å². The fraction of sp³-hybridized carbons (Fsp3) is 0.647. The fourth-order valence-corrected chi connectivity index (χ4v) is 2.40. The molecule has 128 valence electrons. The standard InChI is InChI=1S/C17H26N2O4/c1-12(20)13-5-8-18-15(11-13)22-14-6-9-19(10-7-14)16(21)23-17(2,3)4/h5,8,11-12,14,20H,6-7,9-10H2,1-4H3. The number of nitrogens with zero attached hydrogens (tertiary/aromatic N) is 2. The molecule has 0 radical (unpaired) electrons. The Bertz CT molecular complexity index is 532. The number of aliphatic hydroxyl groups excluding tert-OH is 1. The van der Waals surface area contributed by atoms with Crippen LogP contribution in [0.25, 0.3) is 0 Å². The lowest BCUT2D eigenvalue weighted by Crippen LogP contribution is -2.44. The summed E-state index contributed by atoms with van der Waals surface area (Å²) >= 11 is 0. The van der Waals surface area contributed by atoms with Crippen molar-refractivity contribution in [2.24, 2.45) is 0 Å². The highest BCUT2D eigenvalue weighted by Gasteiger charge is 2.27. The van der Waals surface area contributed by atoms with Crippen LogP contribution in [0.4, 0.5) is 4.79 Å². The summed E-state index contributed by atoms with van der Waals surface area (Å²) in [6.45, 7) is 8.51. The number of hydrogen-bond donors (Lipinski definition) is 1.